The predicted molar refractivity (Wildman–Crippen MR) is 79.9 cm³/mol. The lowest BCUT2D eigenvalue weighted by molar-refractivity contribution is -0.127. The Kier molecular flexibility index (Phi) is 5.30. The van der Waals surface area contributed by atoms with Crippen LogP contribution in [0.5, 0.6) is 0 Å². The van der Waals surface area contributed by atoms with E-state index in [1.54, 1.807) is 0 Å². The average Bonchev–Trinajstić information content (AvgIpc) is 2.53. The molecule has 1 saturated heterocycles. The molecule has 6 nitrogen and oxygen atoms in total. The first-order valence-electron chi connectivity index (χ1n) is 7.22. The first kappa shape index (κ1) is 15.5. The number of hydrogen-bond donors (Lipinski definition) is 3. The molecule has 5 N–H and O–H groups in total. The van der Waals surface area contributed by atoms with Gasteiger partial charge in [0, 0.05) is 6.54 Å². The Hall–Kier alpha value is -1.92. The molecule has 6 heteroatoms. The zero-order chi connectivity index (χ0) is 15.2. The van der Waals surface area contributed by atoms with Crippen LogP contribution in [0.15, 0.2) is 30.3 Å². The number of primary amides is 1. The van der Waals surface area contributed by atoms with Crippen molar-refractivity contribution in [3.63, 3.8) is 0 Å². The fraction of sp³-hybridized carbons (Fsp3) is 0.467. The molecule has 1 heterocycles. The Balaban J connectivity index is 2.18. The Morgan fingerprint density at radius 1 is 1.29 bits per heavy atom. The van der Waals surface area contributed by atoms with E-state index >= 15 is 0 Å². The number of nitrogens with zero attached hydrogens (tertiary/aromatic N) is 1. The smallest absolute Gasteiger partial charge is 0.242 e. The number of hydrazine groups is 1. The molecular weight excluding hydrogens is 268 g/mol. The molecule has 1 aliphatic heterocycles. The number of benzene rings is 1. The fourth-order valence-electron chi connectivity index (χ4n) is 2.89. The Morgan fingerprint density at radius 3 is 2.62 bits per heavy atom. The van der Waals surface area contributed by atoms with Gasteiger partial charge in [0.25, 0.3) is 0 Å². The quantitative estimate of drug-likeness (QED) is 0.406. The zero-order valence-corrected chi connectivity index (χ0v) is 12.0. The van der Waals surface area contributed by atoms with Gasteiger partial charge in [-0.05, 0) is 24.9 Å². The number of nitrogens with two attached hydrogens (primary N) is 2. The third-order valence-corrected chi connectivity index (χ3v) is 4.02. The van der Waals surface area contributed by atoms with Crippen LogP contribution >= 0.6 is 0 Å². The predicted octanol–water partition coefficient (Wildman–Crippen LogP) is 0.0999. The highest BCUT2D eigenvalue weighted by molar-refractivity contribution is 5.84. The summed E-state index contributed by atoms with van der Waals surface area (Å²) in [5, 5.41) is 0. The summed E-state index contributed by atoms with van der Waals surface area (Å²) in [5.74, 6) is 4.31. The molecule has 0 saturated carbocycles. The van der Waals surface area contributed by atoms with Crippen molar-refractivity contribution in [2.24, 2.45) is 11.6 Å². The van der Waals surface area contributed by atoms with Crippen LogP contribution in [0.1, 0.15) is 30.7 Å². The summed E-state index contributed by atoms with van der Waals surface area (Å²) in [4.78, 5) is 25.7. The van der Waals surface area contributed by atoms with Gasteiger partial charge >= 0.3 is 0 Å². The van der Waals surface area contributed by atoms with Crippen molar-refractivity contribution in [2.45, 2.75) is 31.2 Å². The molecule has 21 heavy (non-hydrogen) atoms. The van der Waals surface area contributed by atoms with Gasteiger partial charge in [0.05, 0.1) is 12.0 Å². The van der Waals surface area contributed by atoms with Crippen LogP contribution < -0.4 is 17.0 Å². The number of amides is 2. The second-order valence-electron chi connectivity index (χ2n) is 5.38. The molecule has 0 spiro atoms. The van der Waals surface area contributed by atoms with Crippen molar-refractivity contribution in [3.8, 4) is 0 Å². The van der Waals surface area contributed by atoms with E-state index in [2.05, 4.69) is 5.43 Å². The van der Waals surface area contributed by atoms with Gasteiger partial charge in [-0.2, -0.15) is 0 Å². The molecule has 0 bridgehead atoms. The molecule has 2 atom stereocenters. The van der Waals surface area contributed by atoms with Crippen LogP contribution in [0.3, 0.4) is 0 Å². The van der Waals surface area contributed by atoms with E-state index in [0.717, 1.165) is 31.4 Å². The Morgan fingerprint density at radius 2 is 2.00 bits per heavy atom. The molecule has 2 unspecified atom stereocenters. The van der Waals surface area contributed by atoms with Gasteiger partial charge in [-0.1, -0.05) is 36.8 Å². The van der Waals surface area contributed by atoms with Gasteiger partial charge in [-0.15, -0.1) is 0 Å². The van der Waals surface area contributed by atoms with Crippen molar-refractivity contribution in [3.05, 3.63) is 35.9 Å². The van der Waals surface area contributed by atoms with Gasteiger partial charge in [-0.3, -0.25) is 19.9 Å². The van der Waals surface area contributed by atoms with Crippen LogP contribution in [0, 0.1) is 0 Å². The average molecular weight is 290 g/mol. The lowest BCUT2D eigenvalue weighted by Gasteiger charge is -2.35. The molecule has 0 radical (unpaired) electrons. The third-order valence-electron chi connectivity index (χ3n) is 4.02. The van der Waals surface area contributed by atoms with Gasteiger partial charge in [0.1, 0.15) is 0 Å². The summed E-state index contributed by atoms with van der Waals surface area (Å²) in [5.41, 5.74) is 8.57. The standard InChI is InChI=1S/C15H22N4O2/c16-14(20)13-8-4-5-9-19(13)10-12(15(21)18-17)11-6-2-1-3-7-11/h1-3,6-7,12-13H,4-5,8-10,17H2,(H2,16,20)(H,18,21). The number of hydrogen-bond acceptors (Lipinski definition) is 4. The van der Waals surface area contributed by atoms with E-state index < -0.39 is 5.92 Å². The van der Waals surface area contributed by atoms with Gasteiger partial charge in [-0.25, -0.2) is 5.84 Å². The molecular formula is C15H22N4O2. The Bertz CT molecular complexity index is 492. The maximum atomic E-state index is 12.1. The molecule has 1 aromatic carbocycles. The maximum absolute atomic E-state index is 12.1. The van der Waals surface area contributed by atoms with E-state index in [4.69, 9.17) is 11.6 Å². The van der Waals surface area contributed by atoms with Crippen molar-refractivity contribution in [2.75, 3.05) is 13.1 Å². The summed E-state index contributed by atoms with van der Waals surface area (Å²) >= 11 is 0. The van der Waals surface area contributed by atoms with Crippen molar-refractivity contribution in [1.82, 2.24) is 10.3 Å². The SMILES string of the molecule is NNC(=O)C(CN1CCCCC1C(N)=O)c1ccccc1. The molecule has 0 aromatic heterocycles. The number of nitrogens with one attached hydrogen (secondary N) is 1. The minimum Gasteiger partial charge on any atom is -0.368 e. The van der Waals surface area contributed by atoms with E-state index in [1.165, 1.54) is 0 Å². The molecule has 1 aromatic rings. The van der Waals surface area contributed by atoms with E-state index in [1.807, 2.05) is 35.2 Å². The number of rotatable bonds is 5. The van der Waals surface area contributed by atoms with E-state index in [-0.39, 0.29) is 17.9 Å². The topological polar surface area (TPSA) is 101 Å². The first-order chi connectivity index (χ1) is 10.1. The molecule has 0 aliphatic carbocycles. The van der Waals surface area contributed by atoms with Crippen LogP contribution in [-0.2, 0) is 9.59 Å². The minimum absolute atomic E-state index is 0.255. The highest BCUT2D eigenvalue weighted by Gasteiger charge is 2.31. The van der Waals surface area contributed by atoms with E-state index in [9.17, 15) is 9.59 Å². The van der Waals surface area contributed by atoms with Crippen molar-refractivity contribution >= 4 is 11.8 Å². The molecule has 2 rings (SSSR count). The van der Waals surface area contributed by atoms with Gasteiger partial charge in [0.2, 0.25) is 11.8 Å². The molecule has 2 amide bonds. The molecule has 114 valence electrons. The van der Waals surface area contributed by atoms with Crippen LogP contribution in [0.4, 0.5) is 0 Å². The number of likely N-dealkylation sites (tertiary alicyclic amines) is 1. The number of carbonyl (C=O) groups excluding carboxylic acids is 2. The highest BCUT2D eigenvalue weighted by Crippen LogP contribution is 2.23. The summed E-state index contributed by atoms with van der Waals surface area (Å²) in [6, 6.07) is 9.15. The number of carbonyl (C=O) groups is 2. The fourth-order valence-corrected chi connectivity index (χ4v) is 2.89. The summed E-state index contributed by atoms with van der Waals surface area (Å²) in [6.07, 6.45) is 2.75. The minimum atomic E-state index is -0.406. The molecule has 1 aliphatic rings. The van der Waals surface area contributed by atoms with Crippen LogP contribution in [0.2, 0.25) is 0 Å². The summed E-state index contributed by atoms with van der Waals surface area (Å²) < 4.78 is 0. The molecule has 1 fully saturated rings. The lowest BCUT2D eigenvalue weighted by atomic mass is 9.94. The zero-order valence-electron chi connectivity index (χ0n) is 12.0. The summed E-state index contributed by atoms with van der Waals surface area (Å²) in [6.45, 7) is 1.22. The lowest BCUT2D eigenvalue weighted by Crippen LogP contribution is -2.50. The third kappa shape index (κ3) is 3.80. The second-order valence-corrected chi connectivity index (χ2v) is 5.38. The van der Waals surface area contributed by atoms with Gasteiger partial charge < -0.3 is 5.73 Å². The van der Waals surface area contributed by atoms with Crippen molar-refractivity contribution in [1.29, 1.82) is 0 Å². The Labute approximate surface area is 124 Å². The number of piperidine rings is 1. The monoisotopic (exact) mass is 290 g/mol. The first-order valence-corrected chi connectivity index (χ1v) is 7.22. The second kappa shape index (κ2) is 7.19. The van der Waals surface area contributed by atoms with Crippen LogP contribution in [-0.4, -0.2) is 35.8 Å². The van der Waals surface area contributed by atoms with Crippen LogP contribution in [0.25, 0.3) is 0 Å². The highest BCUT2D eigenvalue weighted by atomic mass is 16.2. The normalized spacial score (nSPS) is 20.7. The largest absolute Gasteiger partial charge is 0.368 e. The van der Waals surface area contributed by atoms with Gasteiger partial charge in [0.15, 0.2) is 0 Å². The van der Waals surface area contributed by atoms with Crippen molar-refractivity contribution < 1.29 is 9.59 Å². The summed E-state index contributed by atoms with van der Waals surface area (Å²) in [7, 11) is 0. The van der Waals surface area contributed by atoms with E-state index in [0.29, 0.717) is 6.54 Å². The maximum Gasteiger partial charge on any atom is 0.242 e.